The van der Waals surface area contributed by atoms with Gasteiger partial charge in [-0.15, -0.1) is 22.7 Å². The van der Waals surface area contributed by atoms with Gasteiger partial charge in [0.1, 0.15) is 4.21 Å². The fourth-order valence-corrected chi connectivity index (χ4v) is 5.84. The number of carbonyl (C=O) groups is 1. The number of hydrogen-bond donors (Lipinski definition) is 1. The number of benzene rings is 1. The Balaban J connectivity index is 1.65. The van der Waals surface area contributed by atoms with Gasteiger partial charge >= 0.3 is 0 Å². The SMILES string of the molecule is COCCOCSc1nc2ccc(NC(=O)c3ccc(S(C)(=O)=O)s3)cc2s1. The van der Waals surface area contributed by atoms with E-state index in [1.165, 1.54) is 35.2 Å². The summed E-state index contributed by atoms with van der Waals surface area (Å²) in [6.07, 6.45) is 1.12. The second-order valence-corrected chi connectivity index (χ2v) is 11.2. The summed E-state index contributed by atoms with van der Waals surface area (Å²) in [5.74, 6) is 0.151. The van der Waals surface area contributed by atoms with Crippen molar-refractivity contribution < 1.29 is 22.7 Å². The van der Waals surface area contributed by atoms with Crippen molar-refractivity contribution in [3.8, 4) is 0 Å². The number of aromatic nitrogens is 1. The van der Waals surface area contributed by atoms with Gasteiger partial charge in [0, 0.05) is 19.1 Å². The van der Waals surface area contributed by atoms with Gasteiger partial charge in [0.05, 0.1) is 34.2 Å². The predicted octanol–water partition coefficient (Wildman–Crippen LogP) is 3.73. The third kappa shape index (κ3) is 5.52. The van der Waals surface area contributed by atoms with E-state index in [-0.39, 0.29) is 10.1 Å². The molecule has 1 N–H and O–H groups in total. The number of rotatable bonds is 9. The van der Waals surface area contributed by atoms with E-state index in [9.17, 15) is 13.2 Å². The van der Waals surface area contributed by atoms with E-state index in [0.29, 0.717) is 29.7 Å². The lowest BCUT2D eigenvalue weighted by atomic mass is 10.3. The quantitative estimate of drug-likeness (QED) is 0.297. The highest BCUT2D eigenvalue weighted by atomic mass is 32.2. The zero-order chi connectivity index (χ0) is 20.1. The normalized spacial score (nSPS) is 11.8. The first kappa shape index (κ1) is 21.2. The Morgan fingerprint density at radius 2 is 2.04 bits per heavy atom. The van der Waals surface area contributed by atoms with E-state index >= 15 is 0 Å². The van der Waals surface area contributed by atoms with Crippen LogP contribution in [0.15, 0.2) is 38.9 Å². The molecule has 0 aliphatic heterocycles. The number of thioether (sulfide) groups is 1. The van der Waals surface area contributed by atoms with Gasteiger partial charge in [-0.3, -0.25) is 4.79 Å². The maximum absolute atomic E-state index is 12.4. The van der Waals surface area contributed by atoms with Crippen LogP contribution >= 0.6 is 34.4 Å². The molecule has 2 heterocycles. The number of thiazole rings is 1. The lowest BCUT2D eigenvalue weighted by Crippen LogP contribution is -2.09. The van der Waals surface area contributed by atoms with E-state index in [1.54, 1.807) is 13.2 Å². The third-order valence-electron chi connectivity index (χ3n) is 3.49. The number of ether oxygens (including phenoxy) is 2. The van der Waals surface area contributed by atoms with E-state index in [1.807, 2.05) is 12.1 Å². The summed E-state index contributed by atoms with van der Waals surface area (Å²) in [5.41, 5.74) is 1.47. The molecule has 150 valence electrons. The summed E-state index contributed by atoms with van der Waals surface area (Å²) < 4.78 is 35.5. The lowest BCUT2D eigenvalue weighted by molar-refractivity contribution is 0.0953. The van der Waals surface area contributed by atoms with Crippen LogP contribution in [0.4, 0.5) is 5.69 Å². The van der Waals surface area contributed by atoms with Gasteiger partial charge in [-0.05, 0) is 30.3 Å². The third-order valence-corrected chi connectivity index (χ3v) is 8.44. The van der Waals surface area contributed by atoms with Crippen molar-refractivity contribution in [1.82, 2.24) is 4.98 Å². The zero-order valence-electron chi connectivity index (χ0n) is 15.1. The predicted molar refractivity (Wildman–Crippen MR) is 114 cm³/mol. The number of sulfone groups is 1. The Labute approximate surface area is 175 Å². The average Bonchev–Trinajstić information content (AvgIpc) is 3.28. The molecule has 0 atom stereocenters. The number of methoxy groups -OCH3 is 1. The van der Waals surface area contributed by atoms with Gasteiger partial charge in [0.15, 0.2) is 14.2 Å². The molecule has 3 aromatic rings. The van der Waals surface area contributed by atoms with Crippen molar-refractivity contribution in [2.24, 2.45) is 0 Å². The fourth-order valence-electron chi connectivity index (χ4n) is 2.17. The number of fused-ring (bicyclic) bond motifs is 1. The van der Waals surface area contributed by atoms with Crippen molar-refractivity contribution in [2.75, 3.05) is 37.8 Å². The van der Waals surface area contributed by atoms with E-state index in [2.05, 4.69) is 10.3 Å². The Morgan fingerprint density at radius 1 is 1.21 bits per heavy atom. The zero-order valence-corrected chi connectivity index (χ0v) is 18.4. The van der Waals surface area contributed by atoms with Crippen molar-refractivity contribution in [1.29, 1.82) is 0 Å². The maximum atomic E-state index is 12.4. The number of carbonyl (C=O) groups excluding carboxylic acids is 1. The number of anilines is 1. The molecule has 7 nitrogen and oxygen atoms in total. The lowest BCUT2D eigenvalue weighted by Gasteiger charge is -2.03. The first-order valence-corrected chi connectivity index (χ1v) is 12.6. The van der Waals surface area contributed by atoms with Gasteiger partial charge in [0.2, 0.25) is 0 Å². The first-order chi connectivity index (χ1) is 13.4. The molecule has 0 saturated heterocycles. The van der Waals surface area contributed by atoms with Crippen LogP contribution in [0.2, 0.25) is 0 Å². The molecule has 0 saturated carbocycles. The monoisotopic (exact) mass is 458 g/mol. The topological polar surface area (TPSA) is 94.6 Å². The Hall–Kier alpha value is -1.50. The van der Waals surface area contributed by atoms with Crippen LogP contribution in [0.1, 0.15) is 9.67 Å². The van der Waals surface area contributed by atoms with Gasteiger partial charge in [-0.1, -0.05) is 11.8 Å². The second kappa shape index (κ2) is 9.33. The molecule has 3 rings (SSSR count). The molecular formula is C17H18N2O5S4. The molecule has 0 fully saturated rings. The van der Waals surface area contributed by atoms with Crippen molar-refractivity contribution in [3.63, 3.8) is 0 Å². The summed E-state index contributed by atoms with van der Waals surface area (Å²) in [6.45, 7) is 1.09. The van der Waals surface area contributed by atoms with Crippen LogP contribution in [0, 0.1) is 0 Å². The Kier molecular flexibility index (Phi) is 7.07. The van der Waals surface area contributed by atoms with E-state index in [4.69, 9.17) is 9.47 Å². The van der Waals surface area contributed by atoms with Gasteiger partial charge < -0.3 is 14.8 Å². The van der Waals surface area contributed by atoms with Crippen molar-refractivity contribution >= 4 is 66.1 Å². The number of nitrogens with zero attached hydrogens (tertiary/aromatic N) is 1. The van der Waals surface area contributed by atoms with Gasteiger partial charge in [-0.25, -0.2) is 13.4 Å². The second-order valence-electron chi connectivity index (χ2n) is 5.67. The molecule has 2 aromatic heterocycles. The molecule has 28 heavy (non-hydrogen) atoms. The summed E-state index contributed by atoms with van der Waals surface area (Å²) in [4.78, 5) is 17.3. The van der Waals surface area contributed by atoms with Crippen LogP contribution in [0.5, 0.6) is 0 Å². The minimum Gasteiger partial charge on any atom is -0.382 e. The van der Waals surface area contributed by atoms with Gasteiger partial charge in [-0.2, -0.15) is 0 Å². The highest BCUT2D eigenvalue weighted by molar-refractivity contribution is 8.01. The molecule has 0 unspecified atom stereocenters. The number of amides is 1. The van der Waals surface area contributed by atoms with Gasteiger partial charge in [0.25, 0.3) is 5.91 Å². The maximum Gasteiger partial charge on any atom is 0.265 e. The smallest absolute Gasteiger partial charge is 0.265 e. The standard InChI is InChI=1S/C17H18N2O5S4/c1-23-7-8-24-10-25-17-19-12-4-3-11(9-14(12)27-17)18-16(20)13-5-6-15(26-13)28(2,21)22/h3-6,9H,7-8,10H2,1-2H3,(H,18,20). The minimum absolute atomic E-state index is 0.171. The molecule has 0 aliphatic rings. The number of thiophene rings is 1. The van der Waals surface area contributed by atoms with E-state index < -0.39 is 9.84 Å². The minimum atomic E-state index is -3.32. The molecule has 0 aliphatic carbocycles. The Bertz CT molecular complexity index is 1070. The summed E-state index contributed by atoms with van der Waals surface area (Å²) in [7, 11) is -1.69. The van der Waals surface area contributed by atoms with E-state index in [0.717, 1.165) is 32.1 Å². The van der Waals surface area contributed by atoms with Crippen LogP contribution in [-0.2, 0) is 19.3 Å². The first-order valence-electron chi connectivity index (χ1n) is 8.08. The number of hydrogen-bond acceptors (Lipinski definition) is 9. The largest absolute Gasteiger partial charge is 0.382 e. The van der Waals surface area contributed by atoms with Crippen molar-refractivity contribution in [2.45, 2.75) is 8.55 Å². The van der Waals surface area contributed by atoms with Crippen LogP contribution in [0.3, 0.4) is 0 Å². The molecule has 0 radical (unpaired) electrons. The molecule has 0 spiro atoms. The summed E-state index contributed by atoms with van der Waals surface area (Å²) >= 11 is 3.98. The molecule has 11 heteroatoms. The summed E-state index contributed by atoms with van der Waals surface area (Å²) in [6, 6.07) is 8.42. The molecule has 0 bridgehead atoms. The number of nitrogens with one attached hydrogen (secondary N) is 1. The van der Waals surface area contributed by atoms with Crippen LogP contribution in [0.25, 0.3) is 10.2 Å². The fraction of sp³-hybridized carbons (Fsp3) is 0.294. The molecule has 1 aromatic carbocycles. The van der Waals surface area contributed by atoms with Crippen LogP contribution < -0.4 is 5.32 Å². The Morgan fingerprint density at radius 3 is 2.75 bits per heavy atom. The highest BCUT2D eigenvalue weighted by Crippen LogP contribution is 2.31. The van der Waals surface area contributed by atoms with Crippen molar-refractivity contribution in [3.05, 3.63) is 35.2 Å². The van der Waals surface area contributed by atoms with Crippen LogP contribution in [-0.4, -0.2) is 51.8 Å². The average molecular weight is 459 g/mol. The molecular weight excluding hydrogens is 440 g/mol. The highest BCUT2D eigenvalue weighted by Gasteiger charge is 2.15. The summed E-state index contributed by atoms with van der Waals surface area (Å²) in [5, 5.41) is 2.80. The molecule has 1 amide bonds.